The zero-order valence-electron chi connectivity index (χ0n) is 67.6. The predicted octanol–water partition coefficient (Wildman–Crippen LogP) is 1.54. The first-order chi connectivity index (χ1) is 64.1. The summed E-state index contributed by atoms with van der Waals surface area (Å²) in [5.41, 5.74) is 34.0. The van der Waals surface area contributed by atoms with Crippen molar-refractivity contribution in [1.82, 2.24) is 102 Å². The van der Waals surface area contributed by atoms with Crippen LogP contribution in [-0.2, 0) is 144 Å². The van der Waals surface area contributed by atoms with Crippen LogP contribution in [-0.4, -0.2) is 276 Å². The molecule has 12 aromatic rings. The molecule has 10 saturated heterocycles. The molecule has 12 aromatic heterocycles. The number of thiol groups is 1. The summed E-state index contributed by atoms with van der Waals surface area (Å²) in [6.45, 7) is -24.8. The zero-order valence-corrected chi connectivity index (χ0v) is 77.1. The van der Waals surface area contributed by atoms with Gasteiger partial charge in [0, 0.05) is 25.0 Å². The van der Waals surface area contributed by atoms with Crippen LogP contribution in [0.1, 0.15) is 43.8 Å². The maximum atomic E-state index is 16.0. The fourth-order valence-corrected chi connectivity index (χ4v) is 24.9. The molecule has 56 nitrogen and oxygen atoms in total. The van der Waals surface area contributed by atoms with Crippen molar-refractivity contribution in [1.29, 1.82) is 0 Å². The Kier molecular flexibility index (Phi) is 24.9. The molecule has 0 aliphatic carbocycles. The third-order valence-electron chi connectivity index (χ3n) is 22.7. The van der Waals surface area contributed by atoms with Gasteiger partial charge in [0.05, 0.1) is 107 Å². The minimum Gasteiger partial charge on any atom is -0.397 e. The summed E-state index contributed by atoms with van der Waals surface area (Å²) < 4.78 is 207. The van der Waals surface area contributed by atoms with Crippen molar-refractivity contribution in [2.75, 3.05) is 80.7 Å². The van der Waals surface area contributed by atoms with Gasteiger partial charge in [-0.05, 0) is 65.4 Å². The van der Waals surface area contributed by atoms with Crippen molar-refractivity contribution >= 4 is 203 Å². The predicted molar refractivity (Wildman–Crippen MR) is 467 cm³/mol. The van der Waals surface area contributed by atoms with Gasteiger partial charge in [0.15, 0.2) is 112 Å². The first-order valence-electron chi connectivity index (χ1n) is 39.5. The molecule has 22 rings (SSSR count). The third kappa shape index (κ3) is 18.0. The number of halogens is 4. The number of nitrogens with two attached hydrogens (primary N) is 6. The third-order valence-corrected chi connectivity index (χ3v) is 31.5. The molecule has 20 N–H and O–H groups in total. The van der Waals surface area contributed by atoms with Crippen LogP contribution in [0, 0.1) is 0 Å². The van der Waals surface area contributed by atoms with Crippen LogP contribution in [0.4, 0.5) is 52.5 Å². The van der Waals surface area contributed by atoms with Crippen molar-refractivity contribution in [3.63, 3.8) is 0 Å². The van der Waals surface area contributed by atoms with Crippen LogP contribution in [0.3, 0.4) is 0 Å². The summed E-state index contributed by atoms with van der Waals surface area (Å²) in [4.78, 5) is 148. The number of fused-ring (bicyclic) bond motifs is 14. The number of nitrogen functional groups attached to an aromatic ring is 6. The van der Waals surface area contributed by atoms with Gasteiger partial charge >= 0.3 is 41.5 Å². The number of imidazole rings is 6. The summed E-state index contributed by atoms with van der Waals surface area (Å²) in [5, 5.41) is 0. The van der Waals surface area contributed by atoms with Gasteiger partial charge in [0.1, 0.15) is 89.3 Å². The van der Waals surface area contributed by atoms with Gasteiger partial charge in [-0.15, -0.1) is 0 Å². The highest BCUT2D eigenvalue weighted by molar-refractivity contribution is 8.44. The Labute approximate surface area is 773 Å². The van der Waals surface area contributed by atoms with E-state index >= 15 is 17.6 Å². The Morgan fingerprint density at radius 2 is 0.763 bits per heavy atom. The molecule has 0 amide bonds. The lowest BCUT2D eigenvalue weighted by molar-refractivity contribution is -0.183. The molecule has 724 valence electrons. The number of anilines is 6. The van der Waals surface area contributed by atoms with Crippen LogP contribution in [0.5, 0.6) is 0 Å². The van der Waals surface area contributed by atoms with Crippen LogP contribution in [0.15, 0.2) is 89.1 Å². The number of nitrogens with one attached hydrogen (secondary N) is 3. The maximum absolute atomic E-state index is 16.0. The Morgan fingerprint density at radius 1 is 0.393 bits per heavy atom. The lowest BCUT2D eigenvalue weighted by atomic mass is 10.0. The van der Waals surface area contributed by atoms with Crippen LogP contribution >= 0.6 is 53.7 Å². The smallest absolute Gasteiger partial charge is 0.397 e. The summed E-state index contributed by atoms with van der Waals surface area (Å²) in [6, 6.07) is 4.64. The monoisotopic (exact) mass is 2100 g/mol. The van der Waals surface area contributed by atoms with Gasteiger partial charge in [-0.25, -0.2) is 71.5 Å². The fraction of sp³-hybridized carbons (Fsp3) is 0.484. The molecule has 10 fully saturated rings. The quantitative estimate of drug-likeness (QED) is 0.0638. The van der Waals surface area contributed by atoms with E-state index < -0.39 is 226 Å². The number of alkyl halides is 4. The van der Waals surface area contributed by atoms with Crippen LogP contribution in [0.25, 0.3) is 67.0 Å². The van der Waals surface area contributed by atoms with E-state index in [-0.39, 0.29) is 100 Å². The summed E-state index contributed by atoms with van der Waals surface area (Å²) >= 11 is 25.0. The van der Waals surface area contributed by atoms with E-state index in [0.717, 1.165) is 21.8 Å². The molecule has 71 heteroatoms. The number of aromatic amines is 3. The first kappa shape index (κ1) is 94.5. The van der Waals surface area contributed by atoms with Gasteiger partial charge in [-0.2, -0.15) is 15.0 Å². The molecule has 10 aliphatic heterocycles. The molecule has 0 saturated carbocycles. The number of ether oxygens (including phenoxy) is 7. The van der Waals surface area contributed by atoms with E-state index in [0.29, 0.717) is 28.1 Å². The van der Waals surface area contributed by atoms with E-state index in [9.17, 15) is 48.0 Å². The number of pyridine rings is 3. The lowest BCUT2D eigenvalue weighted by Crippen LogP contribution is -2.45. The second-order valence-electron chi connectivity index (χ2n) is 31.3. The van der Waals surface area contributed by atoms with Crippen molar-refractivity contribution < 1.29 is 139 Å². The van der Waals surface area contributed by atoms with E-state index in [4.69, 9.17) is 169 Å². The number of nitrogens with zero attached hydrogens (tertiary/aromatic N) is 18. The van der Waals surface area contributed by atoms with Crippen molar-refractivity contribution in [2.24, 2.45) is 0 Å². The molecule has 0 aromatic carbocycles. The SMILES string of the molecule is Nc1nc2c(ncn2[C@@H]2O[C@@H]3COP(=O)(S)O[C@H]4[C@H]5OC[C@]4(COP(O)(=S)O[C@@H]2C3)O[C@H]5n2cnc3c(N)ccnc32)c(=O)[nH]1.Nc1nc2c(ncn2[C@@H]2O[C@@H]3COP(O)(=S)O[C@H]4[C@H](F)[C@H](n5cnc6c(N)ccnc65)O[C@@H]4COP(=O)(O)O[C@@H]2[C@@H]3F)c(=O)[nH]1.Nc1nc2c(ncn2[C@@H]2O[C@@H]3COP(O)(=S)O[C@H]4[C@H](F)[C@H](n5cnc6c(N)ccnc65)O[C@@H]4COP(O)(=S)O[C@@H]2[C@H]3F)c(=O)[nH]1. The minimum atomic E-state index is -5.17. The standard InChI is InChI=1S/C22H25N9O10P2S2.C21H23F2N9O10P2S.C21H23F2N9O9P2S2/c23-10-1-2-25-16-12(10)26-7-30(16)20-14-15-22(39-20,5-35-14)6-37-43(34,45)40-11-3-9(4-36-42(33,44)41-15)38-19(11)31-8-27-13-17(31)28-21(24)29-18(13)32;22-10-8-3-38-44(36,45)42-14-9(40-19(11(14)23)31-5-27-12-7(24)1-2-26-16(12)31)4-37-43(34,35)41-15(10)20(39-8)32-6-28-13-17(32)29-21(25)30-18(13)33;22-10-8-3-36-42(34,44)40-14-9(39-19(11(14)23)31-5-27-12-7(24)1-2-26-16(12)31)4-37-43(35,45)41-15(10)20(38-8)32-6-28-13-17(32)29-21(25)30-18(13)33/h1-2,7-9,11,14-15,19-20H,3-6H2,(H2,23,25)(H,33,44)(H,34,45)(H3,24,28,29,32);1-2,5-6,8-11,14-15,19-20H,3-4H2,(H2,24,26)(H,34,35)(H,36,45)(H3,25,29,30,33);1-2,5-6,8-11,14-15,19-20H,3-4H2,(H2,24,26)(H,34,44)(H,35,45)(H3,25,29,30,33)/t9-,11+,14+,15-,19+,20+,22+,42?,43?;8-,9-,10-,11+,14-,15-,19-,20-,44?;8-,9-,10+,11+,14-,15-,19-,20-,42?,43?/m011/s1. The van der Waals surface area contributed by atoms with Crippen LogP contribution < -0.4 is 51.1 Å². The highest BCUT2D eigenvalue weighted by Crippen LogP contribution is 2.63. The van der Waals surface area contributed by atoms with E-state index in [1.807, 2.05) is 0 Å². The topological polar surface area (TPSA) is 750 Å². The van der Waals surface area contributed by atoms with Crippen molar-refractivity contribution in [3.05, 3.63) is 106 Å². The van der Waals surface area contributed by atoms with Crippen molar-refractivity contribution in [3.8, 4) is 0 Å². The molecule has 0 radical (unpaired) electrons. The number of phosphoric acid groups is 1. The first-order valence-corrected chi connectivity index (χ1v) is 54.1. The molecular formula is C64H71F4N27O29P6S5. The fourth-order valence-electron chi connectivity index (χ4n) is 16.7. The second-order valence-corrected chi connectivity index (χ2v) is 46.7. The maximum Gasteiger partial charge on any atom is 0.472 e. The lowest BCUT2D eigenvalue weighted by Gasteiger charge is -2.33. The van der Waals surface area contributed by atoms with E-state index in [2.05, 4.69) is 87.0 Å². The van der Waals surface area contributed by atoms with E-state index in [1.54, 1.807) is 10.6 Å². The number of aromatic nitrogens is 21. The average molecular weight is 2100 g/mol. The molecule has 8 bridgehead atoms. The molecule has 135 heavy (non-hydrogen) atoms. The molecule has 0 spiro atoms. The van der Waals surface area contributed by atoms with Gasteiger partial charge in [0.25, 0.3) is 16.7 Å². The molecular weight excluding hydrogens is 2030 g/mol. The Hall–Kier alpha value is -8.12. The molecule has 10 aliphatic rings. The largest absolute Gasteiger partial charge is 0.472 e. The number of rotatable bonds is 6. The van der Waals surface area contributed by atoms with Gasteiger partial charge in [-0.1, -0.05) is 12.2 Å². The summed E-state index contributed by atoms with van der Waals surface area (Å²) in [7, 11) is -5.17. The normalized spacial score (nSPS) is 38.0. The van der Waals surface area contributed by atoms with E-state index in [1.165, 1.54) is 69.7 Å². The number of hydrogen-bond acceptors (Lipinski definition) is 46. The Balaban J connectivity index is 0.000000125. The second kappa shape index (κ2) is 35.6. The number of hydrogen-bond donors (Lipinski definition) is 15. The summed E-state index contributed by atoms with van der Waals surface area (Å²) in [5.74, 6) is -0.689. The highest BCUT2D eigenvalue weighted by Gasteiger charge is 2.66. The van der Waals surface area contributed by atoms with Gasteiger partial charge in [0.2, 0.25) is 17.8 Å². The van der Waals surface area contributed by atoms with Crippen molar-refractivity contribution in [2.45, 2.75) is 147 Å². The van der Waals surface area contributed by atoms with Gasteiger partial charge in [-0.3, -0.25) is 88.4 Å². The van der Waals surface area contributed by atoms with Gasteiger partial charge < -0.3 is 115 Å². The molecule has 22 heterocycles. The average Bonchev–Trinajstić information content (AvgIpc) is 1.56. The van der Waals surface area contributed by atoms with Crippen LogP contribution in [0.2, 0.25) is 0 Å². The molecule has 29 atom stereocenters. The number of H-pyrrole nitrogens is 3. The molecule has 6 unspecified atom stereocenters. The zero-order chi connectivity index (χ0) is 95.0. The number of phosphoric ester groups is 1. The Bertz CT molecular complexity index is 6930. The highest BCUT2D eigenvalue weighted by atomic mass is 32.7. The Morgan fingerprint density at radius 3 is 1.21 bits per heavy atom. The summed E-state index contributed by atoms with van der Waals surface area (Å²) in [6.07, 6.45) is -20.6. The minimum absolute atomic E-state index is 0.00557.